The molecule has 4 rings (SSSR count). The Hall–Kier alpha value is -2.58. The van der Waals surface area contributed by atoms with Crippen molar-refractivity contribution >= 4 is 26.8 Å². The maximum atomic E-state index is 13.1. The molecule has 1 aromatic carbocycles. The number of aryl methyl sites for hydroxylation is 1. The van der Waals surface area contributed by atoms with Gasteiger partial charge in [0.15, 0.2) is 0 Å². The summed E-state index contributed by atoms with van der Waals surface area (Å²) in [5, 5.41) is 3.78. The van der Waals surface area contributed by atoms with E-state index in [4.69, 9.17) is 4.42 Å². The van der Waals surface area contributed by atoms with E-state index < -0.39 is 10.0 Å². The molecule has 0 radical (unpaired) electrons. The number of hydrogen-bond donors (Lipinski definition) is 1. The second-order valence-corrected chi connectivity index (χ2v) is 9.24. The summed E-state index contributed by atoms with van der Waals surface area (Å²) < 4.78 is 34.9. The van der Waals surface area contributed by atoms with Crippen LogP contribution in [0.25, 0.3) is 10.9 Å². The van der Waals surface area contributed by atoms with Gasteiger partial charge in [-0.3, -0.25) is 4.79 Å². The Morgan fingerprint density at radius 2 is 2.00 bits per heavy atom. The predicted octanol–water partition coefficient (Wildman–Crippen LogP) is 2.97. The van der Waals surface area contributed by atoms with E-state index in [1.165, 1.54) is 4.31 Å². The molecule has 0 unspecified atom stereocenters. The Morgan fingerprint density at radius 1 is 1.21 bits per heavy atom. The van der Waals surface area contributed by atoms with E-state index in [0.717, 1.165) is 17.4 Å². The van der Waals surface area contributed by atoms with Crippen molar-refractivity contribution in [2.45, 2.75) is 37.8 Å². The van der Waals surface area contributed by atoms with E-state index >= 15 is 0 Å². The van der Waals surface area contributed by atoms with E-state index in [1.807, 2.05) is 18.3 Å². The van der Waals surface area contributed by atoms with Crippen LogP contribution < -0.4 is 5.32 Å². The smallest absolute Gasteiger partial charge is 0.243 e. The number of amides is 1. The number of benzene rings is 1. The number of piperidine rings is 1. The fourth-order valence-corrected chi connectivity index (χ4v) is 5.36. The first kappa shape index (κ1) is 19.7. The van der Waals surface area contributed by atoms with Crippen molar-refractivity contribution in [1.29, 1.82) is 0 Å². The molecule has 0 aliphatic carbocycles. The molecule has 1 aliphatic heterocycles. The van der Waals surface area contributed by atoms with Gasteiger partial charge in [0, 0.05) is 42.7 Å². The SMILES string of the molecule is CCn1ccc2cc(S(=O)(=O)N3CCC(C(=O)NCc4ccco4)CC3)ccc21. The molecule has 3 aromatic rings. The average Bonchev–Trinajstić information content (AvgIpc) is 3.41. The van der Waals surface area contributed by atoms with Crippen molar-refractivity contribution in [3.8, 4) is 0 Å². The lowest BCUT2D eigenvalue weighted by molar-refractivity contribution is -0.126. The van der Waals surface area contributed by atoms with E-state index in [1.54, 1.807) is 30.5 Å². The van der Waals surface area contributed by atoms with Crippen molar-refractivity contribution in [1.82, 2.24) is 14.2 Å². The summed E-state index contributed by atoms with van der Waals surface area (Å²) in [5.74, 6) is 0.462. The van der Waals surface area contributed by atoms with E-state index in [0.29, 0.717) is 43.1 Å². The molecule has 1 amide bonds. The van der Waals surface area contributed by atoms with Crippen LogP contribution in [-0.2, 0) is 27.9 Å². The van der Waals surface area contributed by atoms with Gasteiger partial charge in [-0.2, -0.15) is 4.31 Å². The van der Waals surface area contributed by atoms with Gasteiger partial charge in [0.2, 0.25) is 15.9 Å². The van der Waals surface area contributed by atoms with Crippen LogP contribution in [0.4, 0.5) is 0 Å². The first-order valence-electron chi connectivity index (χ1n) is 9.88. The molecule has 8 heteroatoms. The maximum Gasteiger partial charge on any atom is 0.243 e. The highest BCUT2D eigenvalue weighted by atomic mass is 32.2. The molecule has 1 aliphatic rings. The molecule has 0 spiro atoms. The molecule has 3 heterocycles. The third kappa shape index (κ3) is 3.95. The van der Waals surface area contributed by atoms with Gasteiger partial charge in [0.1, 0.15) is 5.76 Å². The van der Waals surface area contributed by atoms with Crippen molar-refractivity contribution in [2.24, 2.45) is 5.92 Å². The van der Waals surface area contributed by atoms with Crippen LogP contribution in [-0.4, -0.2) is 36.3 Å². The topological polar surface area (TPSA) is 84.5 Å². The molecule has 29 heavy (non-hydrogen) atoms. The summed E-state index contributed by atoms with van der Waals surface area (Å²) in [7, 11) is -3.57. The quantitative estimate of drug-likeness (QED) is 0.671. The minimum absolute atomic E-state index is 0.0548. The van der Waals surface area contributed by atoms with Crippen LogP contribution in [0.3, 0.4) is 0 Å². The summed E-state index contributed by atoms with van der Waals surface area (Å²) in [5.41, 5.74) is 1.03. The number of carbonyl (C=O) groups excluding carboxylic acids is 1. The van der Waals surface area contributed by atoms with Crippen molar-refractivity contribution in [3.05, 3.63) is 54.6 Å². The molecular formula is C21H25N3O4S. The van der Waals surface area contributed by atoms with Gasteiger partial charge in [0.25, 0.3) is 0 Å². The number of rotatable bonds is 6. The average molecular weight is 416 g/mol. The van der Waals surface area contributed by atoms with Gasteiger partial charge in [-0.25, -0.2) is 8.42 Å². The molecule has 1 N–H and O–H groups in total. The largest absolute Gasteiger partial charge is 0.467 e. The van der Waals surface area contributed by atoms with Gasteiger partial charge in [-0.05, 0) is 56.2 Å². The van der Waals surface area contributed by atoms with Crippen LogP contribution >= 0.6 is 0 Å². The van der Waals surface area contributed by atoms with Gasteiger partial charge >= 0.3 is 0 Å². The highest BCUT2D eigenvalue weighted by Gasteiger charge is 2.32. The highest BCUT2D eigenvalue weighted by Crippen LogP contribution is 2.27. The Bertz CT molecular complexity index is 1090. The van der Waals surface area contributed by atoms with Gasteiger partial charge in [0.05, 0.1) is 17.7 Å². The number of sulfonamides is 1. The first-order valence-corrected chi connectivity index (χ1v) is 11.3. The number of furan rings is 1. The van der Waals surface area contributed by atoms with Crippen LogP contribution in [0.5, 0.6) is 0 Å². The van der Waals surface area contributed by atoms with Gasteiger partial charge < -0.3 is 14.3 Å². The second kappa shape index (κ2) is 8.04. The zero-order chi connectivity index (χ0) is 20.4. The van der Waals surface area contributed by atoms with Crippen LogP contribution in [0.1, 0.15) is 25.5 Å². The molecule has 1 fully saturated rings. The number of carbonyl (C=O) groups is 1. The Kier molecular flexibility index (Phi) is 5.47. The summed E-state index contributed by atoms with van der Waals surface area (Å²) in [6.45, 7) is 3.93. The summed E-state index contributed by atoms with van der Waals surface area (Å²) in [6, 6.07) is 10.8. The van der Waals surface area contributed by atoms with Crippen molar-refractivity contribution < 1.29 is 17.6 Å². The molecule has 0 bridgehead atoms. The third-order valence-electron chi connectivity index (χ3n) is 5.56. The van der Waals surface area contributed by atoms with Gasteiger partial charge in [-0.1, -0.05) is 0 Å². The number of fused-ring (bicyclic) bond motifs is 1. The molecule has 7 nitrogen and oxygen atoms in total. The lowest BCUT2D eigenvalue weighted by Crippen LogP contribution is -2.42. The summed E-state index contributed by atoms with van der Waals surface area (Å²) in [6.07, 6.45) is 4.56. The van der Waals surface area contributed by atoms with Crippen LogP contribution in [0.15, 0.2) is 58.2 Å². The maximum absolute atomic E-state index is 13.1. The zero-order valence-corrected chi connectivity index (χ0v) is 17.2. The van der Waals surface area contributed by atoms with Gasteiger partial charge in [-0.15, -0.1) is 0 Å². The molecule has 154 valence electrons. The van der Waals surface area contributed by atoms with Crippen molar-refractivity contribution in [2.75, 3.05) is 13.1 Å². The molecular weight excluding hydrogens is 390 g/mol. The standard InChI is InChI=1S/C21H25N3O4S/c1-2-23-10-7-17-14-19(5-6-20(17)23)29(26,27)24-11-8-16(9-12-24)21(25)22-15-18-4-3-13-28-18/h3-7,10,13-14,16H,2,8-9,11-12,15H2,1H3,(H,22,25). The fraction of sp³-hybridized carbons (Fsp3) is 0.381. The predicted molar refractivity (Wildman–Crippen MR) is 110 cm³/mol. The fourth-order valence-electron chi connectivity index (χ4n) is 3.85. The van der Waals surface area contributed by atoms with Crippen molar-refractivity contribution in [3.63, 3.8) is 0 Å². The monoisotopic (exact) mass is 415 g/mol. The molecule has 0 saturated carbocycles. The minimum atomic E-state index is -3.57. The molecule has 1 saturated heterocycles. The number of hydrogen-bond acceptors (Lipinski definition) is 4. The zero-order valence-electron chi connectivity index (χ0n) is 16.4. The minimum Gasteiger partial charge on any atom is -0.467 e. The molecule has 2 aromatic heterocycles. The van der Waals surface area contributed by atoms with Crippen LogP contribution in [0, 0.1) is 5.92 Å². The molecule has 0 atom stereocenters. The lowest BCUT2D eigenvalue weighted by atomic mass is 9.97. The lowest BCUT2D eigenvalue weighted by Gasteiger charge is -2.30. The Balaban J connectivity index is 1.40. The number of nitrogens with zero attached hydrogens (tertiary/aromatic N) is 2. The Morgan fingerprint density at radius 3 is 2.69 bits per heavy atom. The van der Waals surface area contributed by atoms with E-state index in [-0.39, 0.29) is 11.8 Å². The number of nitrogens with one attached hydrogen (secondary N) is 1. The first-order chi connectivity index (χ1) is 14.0. The summed E-state index contributed by atoms with van der Waals surface area (Å²) in [4.78, 5) is 12.7. The number of aromatic nitrogens is 1. The normalized spacial score (nSPS) is 16.3. The van der Waals surface area contributed by atoms with E-state index in [2.05, 4.69) is 16.8 Å². The van der Waals surface area contributed by atoms with E-state index in [9.17, 15) is 13.2 Å². The summed E-state index contributed by atoms with van der Waals surface area (Å²) >= 11 is 0. The third-order valence-corrected chi connectivity index (χ3v) is 7.46. The highest BCUT2D eigenvalue weighted by molar-refractivity contribution is 7.89. The van der Waals surface area contributed by atoms with Crippen LogP contribution in [0.2, 0.25) is 0 Å². The second-order valence-electron chi connectivity index (χ2n) is 7.30. The Labute approximate surface area is 170 Å².